The van der Waals surface area contributed by atoms with Crippen LogP contribution in [0.3, 0.4) is 0 Å². The van der Waals surface area contributed by atoms with Crippen molar-refractivity contribution in [1.82, 2.24) is 5.32 Å². The van der Waals surface area contributed by atoms with Gasteiger partial charge in [-0.1, -0.05) is 13.0 Å². The molecule has 1 aliphatic rings. The second-order valence-electron chi connectivity index (χ2n) is 4.28. The van der Waals surface area contributed by atoms with Crippen molar-refractivity contribution in [1.29, 1.82) is 0 Å². The highest BCUT2D eigenvalue weighted by molar-refractivity contribution is 5.95. The second-order valence-corrected chi connectivity index (χ2v) is 4.28. The van der Waals surface area contributed by atoms with Crippen molar-refractivity contribution in [2.75, 3.05) is 25.1 Å². The van der Waals surface area contributed by atoms with Crippen molar-refractivity contribution >= 4 is 11.6 Å². The zero-order chi connectivity index (χ0) is 13.0. The maximum Gasteiger partial charge on any atom is 0.262 e. The Labute approximate surface area is 106 Å². The summed E-state index contributed by atoms with van der Waals surface area (Å²) in [5.74, 6) is 0.521. The molecule has 0 saturated carbocycles. The third-order valence-corrected chi connectivity index (χ3v) is 2.86. The zero-order valence-electron chi connectivity index (χ0n) is 10.4. The van der Waals surface area contributed by atoms with E-state index in [9.17, 15) is 9.90 Å². The van der Waals surface area contributed by atoms with Crippen LogP contribution in [-0.2, 0) is 4.79 Å². The summed E-state index contributed by atoms with van der Waals surface area (Å²) in [6, 6.07) is 5.45. The number of fused-ring (bicyclic) bond motifs is 1. The maximum absolute atomic E-state index is 11.2. The van der Waals surface area contributed by atoms with Crippen LogP contribution in [0.4, 0.5) is 5.69 Å². The van der Waals surface area contributed by atoms with Gasteiger partial charge < -0.3 is 20.5 Å². The molecule has 18 heavy (non-hydrogen) atoms. The molecule has 0 bridgehead atoms. The van der Waals surface area contributed by atoms with E-state index in [4.69, 9.17) is 4.74 Å². The van der Waals surface area contributed by atoms with Crippen LogP contribution in [-0.4, -0.2) is 30.8 Å². The summed E-state index contributed by atoms with van der Waals surface area (Å²) in [6.07, 6.45) is 1.00. The van der Waals surface area contributed by atoms with Gasteiger partial charge in [0.2, 0.25) is 0 Å². The highest BCUT2D eigenvalue weighted by atomic mass is 16.5. The lowest BCUT2D eigenvalue weighted by Gasteiger charge is -2.21. The first kappa shape index (κ1) is 12.9. The fraction of sp³-hybridized carbons (Fsp3) is 0.462. The molecule has 1 atom stereocenters. The minimum Gasteiger partial charge on any atom is -0.482 e. The number of benzene rings is 1. The fourth-order valence-electron chi connectivity index (χ4n) is 1.92. The van der Waals surface area contributed by atoms with Gasteiger partial charge in [0.25, 0.3) is 5.91 Å². The molecule has 1 amide bonds. The molecule has 1 aliphatic heterocycles. The minimum atomic E-state index is -0.151. The maximum atomic E-state index is 11.2. The Morgan fingerprint density at radius 2 is 2.39 bits per heavy atom. The van der Waals surface area contributed by atoms with Gasteiger partial charge >= 0.3 is 0 Å². The monoisotopic (exact) mass is 250 g/mol. The molecular formula is C13H18N2O3. The summed E-state index contributed by atoms with van der Waals surface area (Å²) in [4.78, 5) is 11.2. The van der Waals surface area contributed by atoms with Gasteiger partial charge in [-0.25, -0.2) is 0 Å². The van der Waals surface area contributed by atoms with Crippen LogP contribution >= 0.6 is 0 Å². The van der Waals surface area contributed by atoms with Crippen molar-refractivity contribution in [3.63, 3.8) is 0 Å². The van der Waals surface area contributed by atoms with Crippen LogP contribution < -0.4 is 15.4 Å². The standard InChI is InChI=1S/C13H18N2O3/c1-2-5-14-11(7-16)9-3-4-12-10(6-9)15-13(17)8-18-12/h3-4,6,11,14,16H,2,5,7-8H2,1H3,(H,15,17). The topological polar surface area (TPSA) is 70.6 Å². The van der Waals surface area contributed by atoms with Gasteiger partial charge in [-0.05, 0) is 30.7 Å². The highest BCUT2D eigenvalue weighted by Crippen LogP contribution is 2.30. The Kier molecular flexibility index (Phi) is 4.17. The Morgan fingerprint density at radius 3 is 3.11 bits per heavy atom. The van der Waals surface area contributed by atoms with Crippen LogP contribution in [0.1, 0.15) is 24.9 Å². The molecule has 98 valence electrons. The van der Waals surface area contributed by atoms with E-state index in [1.807, 2.05) is 18.2 Å². The lowest BCUT2D eigenvalue weighted by atomic mass is 10.1. The quantitative estimate of drug-likeness (QED) is 0.730. The molecule has 0 saturated heterocycles. The summed E-state index contributed by atoms with van der Waals surface area (Å²) in [7, 11) is 0. The van der Waals surface area contributed by atoms with Crippen LogP contribution in [0, 0.1) is 0 Å². The predicted octanol–water partition coefficient (Wildman–Crippen LogP) is 1.05. The Hall–Kier alpha value is -1.59. The molecule has 5 nitrogen and oxygen atoms in total. The fourth-order valence-corrected chi connectivity index (χ4v) is 1.92. The Bertz CT molecular complexity index is 434. The molecule has 1 heterocycles. The smallest absolute Gasteiger partial charge is 0.262 e. The van der Waals surface area contributed by atoms with Crippen molar-refractivity contribution in [2.45, 2.75) is 19.4 Å². The molecule has 2 rings (SSSR count). The zero-order valence-corrected chi connectivity index (χ0v) is 10.4. The molecule has 0 aromatic heterocycles. The molecular weight excluding hydrogens is 232 g/mol. The second kappa shape index (κ2) is 5.84. The Balaban J connectivity index is 2.18. The van der Waals surface area contributed by atoms with E-state index in [1.54, 1.807) is 0 Å². The van der Waals surface area contributed by atoms with Gasteiger partial charge in [-0.2, -0.15) is 0 Å². The van der Waals surface area contributed by atoms with E-state index < -0.39 is 0 Å². The normalized spacial score (nSPS) is 15.6. The molecule has 0 radical (unpaired) electrons. The van der Waals surface area contributed by atoms with E-state index in [1.165, 1.54) is 0 Å². The van der Waals surface area contributed by atoms with E-state index in [0.29, 0.717) is 11.4 Å². The van der Waals surface area contributed by atoms with Gasteiger partial charge in [0, 0.05) is 0 Å². The average Bonchev–Trinajstić information content (AvgIpc) is 2.39. The largest absolute Gasteiger partial charge is 0.482 e. The number of anilines is 1. The first-order chi connectivity index (χ1) is 8.74. The molecule has 5 heteroatoms. The van der Waals surface area contributed by atoms with E-state index in [0.717, 1.165) is 18.5 Å². The van der Waals surface area contributed by atoms with Gasteiger partial charge in [0.05, 0.1) is 18.3 Å². The number of hydrogen-bond donors (Lipinski definition) is 3. The predicted molar refractivity (Wildman–Crippen MR) is 68.7 cm³/mol. The number of nitrogens with one attached hydrogen (secondary N) is 2. The third-order valence-electron chi connectivity index (χ3n) is 2.86. The lowest BCUT2D eigenvalue weighted by Crippen LogP contribution is -2.27. The summed E-state index contributed by atoms with van der Waals surface area (Å²) in [5.41, 5.74) is 1.61. The minimum absolute atomic E-state index is 0.0214. The van der Waals surface area contributed by atoms with E-state index >= 15 is 0 Å². The number of aliphatic hydroxyl groups excluding tert-OH is 1. The first-order valence-corrected chi connectivity index (χ1v) is 6.15. The molecule has 1 unspecified atom stereocenters. The van der Waals surface area contributed by atoms with E-state index in [-0.39, 0.29) is 25.2 Å². The summed E-state index contributed by atoms with van der Waals surface area (Å²) in [6.45, 7) is 2.99. The van der Waals surface area contributed by atoms with Crippen LogP contribution in [0.2, 0.25) is 0 Å². The highest BCUT2D eigenvalue weighted by Gasteiger charge is 2.18. The molecule has 0 aliphatic carbocycles. The number of amides is 1. The Morgan fingerprint density at radius 1 is 1.56 bits per heavy atom. The van der Waals surface area contributed by atoms with Crippen LogP contribution in [0.5, 0.6) is 5.75 Å². The van der Waals surface area contributed by atoms with Crippen LogP contribution in [0.15, 0.2) is 18.2 Å². The van der Waals surface area contributed by atoms with Crippen molar-refractivity contribution in [3.05, 3.63) is 23.8 Å². The molecule has 1 aromatic rings. The molecule has 3 N–H and O–H groups in total. The number of aliphatic hydroxyl groups is 1. The summed E-state index contributed by atoms with van der Waals surface area (Å²) in [5, 5.41) is 15.4. The van der Waals surface area contributed by atoms with Crippen molar-refractivity contribution < 1.29 is 14.6 Å². The molecule has 1 aromatic carbocycles. The number of hydrogen-bond acceptors (Lipinski definition) is 4. The summed E-state index contributed by atoms with van der Waals surface area (Å²) < 4.78 is 5.29. The third kappa shape index (κ3) is 2.80. The van der Waals surface area contributed by atoms with Crippen LogP contribution in [0.25, 0.3) is 0 Å². The summed E-state index contributed by atoms with van der Waals surface area (Å²) >= 11 is 0. The van der Waals surface area contributed by atoms with Crippen molar-refractivity contribution in [2.24, 2.45) is 0 Å². The number of ether oxygens (including phenoxy) is 1. The number of carbonyl (C=O) groups is 1. The van der Waals surface area contributed by atoms with E-state index in [2.05, 4.69) is 17.6 Å². The molecule has 0 fully saturated rings. The number of rotatable bonds is 5. The molecule has 0 spiro atoms. The van der Waals surface area contributed by atoms with Crippen molar-refractivity contribution in [3.8, 4) is 5.75 Å². The average molecular weight is 250 g/mol. The van der Waals surface area contributed by atoms with Gasteiger partial charge in [0.15, 0.2) is 6.61 Å². The van der Waals surface area contributed by atoms with Gasteiger partial charge in [-0.15, -0.1) is 0 Å². The lowest BCUT2D eigenvalue weighted by molar-refractivity contribution is -0.118. The van der Waals surface area contributed by atoms with Gasteiger partial charge in [-0.3, -0.25) is 4.79 Å². The number of carbonyl (C=O) groups excluding carboxylic acids is 1. The van der Waals surface area contributed by atoms with Gasteiger partial charge in [0.1, 0.15) is 5.75 Å². The SMILES string of the molecule is CCCNC(CO)c1ccc2c(c1)NC(=O)CO2. The first-order valence-electron chi connectivity index (χ1n) is 6.15.